The van der Waals surface area contributed by atoms with E-state index < -0.39 is 11.9 Å². The zero-order chi connectivity index (χ0) is 20.9. The van der Waals surface area contributed by atoms with Crippen molar-refractivity contribution in [2.75, 3.05) is 6.61 Å². The smallest absolute Gasteiger partial charge is 0.331 e. The molecule has 0 saturated heterocycles. The van der Waals surface area contributed by atoms with Crippen molar-refractivity contribution in [3.8, 4) is 0 Å². The van der Waals surface area contributed by atoms with E-state index in [2.05, 4.69) is 6.92 Å². The molecule has 0 spiro atoms. The van der Waals surface area contributed by atoms with E-state index >= 15 is 0 Å². The minimum Gasteiger partial charge on any atom is -0.463 e. The Kier molecular flexibility index (Phi) is 19.5. The predicted molar refractivity (Wildman–Crippen MR) is 116 cm³/mol. The van der Waals surface area contributed by atoms with Crippen LogP contribution in [0.4, 0.5) is 0 Å². The molecule has 28 heavy (non-hydrogen) atoms. The second-order valence-corrected chi connectivity index (χ2v) is 7.94. The molecule has 0 fully saturated rings. The SMILES string of the molecule is CCCCCCCCCCCCCCCCCOC(=O)/C=C/C(=O)OC(C)C. The lowest BCUT2D eigenvalue weighted by molar-refractivity contribution is -0.142. The number of rotatable bonds is 19. The van der Waals surface area contributed by atoms with E-state index in [-0.39, 0.29) is 6.10 Å². The largest absolute Gasteiger partial charge is 0.463 e. The lowest BCUT2D eigenvalue weighted by Gasteiger charge is -2.05. The van der Waals surface area contributed by atoms with Gasteiger partial charge < -0.3 is 9.47 Å². The summed E-state index contributed by atoms with van der Waals surface area (Å²) < 4.78 is 9.98. The highest BCUT2D eigenvalue weighted by molar-refractivity contribution is 5.91. The minimum atomic E-state index is -0.515. The molecule has 0 aromatic carbocycles. The highest BCUT2D eigenvalue weighted by Crippen LogP contribution is 2.13. The van der Waals surface area contributed by atoms with Crippen LogP contribution >= 0.6 is 0 Å². The van der Waals surface area contributed by atoms with Gasteiger partial charge in [-0.1, -0.05) is 96.8 Å². The molecule has 0 unspecified atom stereocenters. The Hall–Kier alpha value is -1.32. The fraction of sp³-hybridized carbons (Fsp3) is 0.833. The van der Waals surface area contributed by atoms with Gasteiger partial charge in [-0.25, -0.2) is 9.59 Å². The molecule has 164 valence electrons. The molecular weight excluding hydrogens is 352 g/mol. The quantitative estimate of drug-likeness (QED) is 0.135. The summed E-state index contributed by atoms with van der Waals surface area (Å²) in [5.41, 5.74) is 0. The third-order valence-electron chi connectivity index (χ3n) is 4.70. The van der Waals surface area contributed by atoms with Crippen molar-refractivity contribution in [3.63, 3.8) is 0 Å². The van der Waals surface area contributed by atoms with Gasteiger partial charge >= 0.3 is 11.9 Å². The Morgan fingerprint density at radius 2 is 1.04 bits per heavy atom. The average Bonchev–Trinajstić information content (AvgIpc) is 2.65. The first-order chi connectivity index (χ1) is 13.6. The van der Waals surface area contributed by atoms with Crippen LogP contribution in [0.5, 0.6) is 0 Å². The first-order valence-corrected chi connectivity index (χ1v) is 11.6. The van der Waals surface area contributed by atoms with Gasteiger partial charge in [-0.15, -0.1) is 0 Å². The molecule has 0 bridgehead atoms. The van der Waals surface area contributed by atoms with Crippen molar-refractivity contribution in [2.24, 2.45) is 0 Å². The van der Waals surface area contributed by atoms with E-state index in [0.717, 1.165) is 25.0 Å². The fourth-order valence-electron chi connectivity index (χ4n) is 3.10. The van der Waals surface area contributed by atoms with Gasteiger partial charge in [-0.05, 0) is 20.3 Å². The molecule has 0 amide bonds. The summed E-state index contributed by atoms with van der Waals surface area (Å²) >= 11 is 0. The highest BCUT2D eigenvalue weighted by Gasteiger charge is 2.03. The van der Waals surface area contributed by atoms with Crippen LogP contribution in [0.1, 0.15) is 117 Å². The van der Waals surface area contributed by atoms with Gasteiger partial charge in [0.2, 0.25) is 0 Å². The maximum Gasteiger partial charge on any atom is 0.331 e. The Bertz CT molecular complexity index is 401. The number of carbonyl (C=O) groups is 2. The predicted octanol–water partition coefficient (Wildman–Crippen LogP) is 6.91. The Labute approximate surface area is 173 Å². The van der Waals surface area contributed by atoms with E-state index in [1.54, 1.807) is 13.8 Å². The van der Waals surface area contributed by atoms with Gasteiger partial charge in [0.05, 0.1) is 12.7 Å². The molecule has 0 aromatic rings. The summed E-state index contributed by atoms with van der Waals surface area (Å²) in [6, 6.07) is 0. The molecule has 0 heterocycles. The molecule has 0 aliphatic carbocycles. The Balaban J connectivity index is 3.28. The lowest BCUT2D eigenvalue weighted by Crippen LogP contribution is -2.09. The van der Waals surface area contributed by atoms with Crippen molar-refractivity contribution >= 4 is 11.9 Å². The average molecular weight is 397 g/mol. The number of ether oxygens (including phenoxy) is 2. The zero-order valence-corrected chi connectivity index (χ0v) is 18.7. The summed E-state index contributed by atoms with van der Waals surface area (Å²) in [4.78, 5) is 22.7. The molecule has 4 nitrogen and oxygen atoms in total. The van der Waals surface area contributed by atoms with Crippen LogP contribution in [0.3, 0.4) is 0 Å². The summed E-state index contributed by atoms with van der Waals surface area (Å²) in [5.74, 6) is -0.995. The third kappa shape index (κ3) is 21.0. The van der Waals surface area contributed by atoms with Crippen LogP contribution in [-0.2, 0) is 19.1 Å². The molecule has 0 rings (SSSR count). The maximum atomic E-state index is 11.5. The van der Waals surface area contributed by atoms with Crippen molar-refractivity contribution in [1.82, 2.24) is 0 Å². The first-order valence-electron chi connectivity index (χ1n) is 11.6. The second-order valence-electron chi connectivity index (χ2n) is 7.94. The molecule has 0 aliphatic heterocycles. The summed E-state index contributed by atoms with van der Waals surface area (Å²) in [6.07, 6.45) is 21.7. The van der Waals surface area contributed by atoms with E-state index in [0.29, 0.717) is 6.61 Å². The standard InChI is InChI=1S/C24H44O4/c1-4-5-6-7-8-9-10-11-12-13-14-15-16-17-18-21-27-23(25)19-20-24(26)28-22(2)3/h19-20,22H,4-18,21H2,1-3H3/b20-19+. The van der Waals surface area contributed by atoms with Gasteiger partial charge in [0.1, 0.15) is 0 Å². The van der Waals surface area contributed by atoms with Crippen LogP contribution < -0.4 is 0 Å². The number of unbranched alkanes of at least 4 members (excludes halogenated alkanes) is 14. The zero-order valence-electron chi connectivity index (χ0n) is 18.7. The van der Waals surface area contributed by atoms with Gasteiger partial charge in [0.25, 0.3) is 0 Å². The molecule has 0 radical (unpaired) electrons. The number of esters is 2. The van der Waals surface area contributed by atoms with Crippen LogP contribution in [0.15, 0.2) is 12.2 Å². The van der Waals surface area contributed by atoms with Crippen LogP contribution in [0, 0.1) is 0 Å². The maximum absolute atomic E-state index is 11.5. The molecule has 0 saturated carbocycles. The number of hydrogen-bond acceptors (Lipinski definition) is 4. The lowest BCUT2D eigenvalue weighted by atomic mass is 10.0. The van der Waals surface area contributed by atoms with Crippen LogP contribution in [0.25, 0.3) is 0 Å². The first kappa shape index (κ1) is 26.7. The van der Waals surface area contributed by atoms with Crippen molar-refractivity contribution < 1.29 is 19.1 Å². The van der Waals surface area contributed by atoms with E-state index in [9.17, 15) is 9.59 Å². The topological polar surface area (TPSA) is 52.6 Å². The number of carbonyl (C=O) groups excluding carboxylic acids is 2. The van der Waals surface area contributed by atoms with E-state index in [1.807, 2.05) is 0 Å². The van der Waals surface area contributed by atoms with Crippen molar-refractivity contribution in [2.45, 2.75) is 123 Å². The van der Waals surface area contributed by atoms with Gasteiger partial charge in [0, 0.05) is 12.2 Å². The molecule has 0 aromatic heterocycles. The normalized spacial score (nSPS) is 11.3. The van der Waals surface area contributed by atoms with Crippen LogP contribution in [0.2, 0.25) is 0 Å². The van der Waals surface area contributed by atoms with Gasteiger partial charge in [0.15, 0.2) is 0 Å². The molecular formula is C24H44O4. The van der Waals surface area contributed by atoms with E-state index in [1.165, 1.54) is 83.5 Å². The summed E-state index contributed by atoms with van der Waals surface area (Å²) in [5, 5.41) is 0. The summed E-state index contributed by atoms with van der Waals surface area (Å²) in [6.45, 7) is 6.21. The molecule has 0 N–H and O–H groups in total. The highest BCUT2D eigenvalue weighted by atomic mass is 16.5. The second kappa shape index (κ2) is 20.4. The monoisotopic (exact) mass is 396 g/mol. The van der Waals surface area contributed by atoms with E-state index in [4.69, 9.17) is 9.47 Å². The van der Waals surface area contributed by atoms with Gasteiger partial charge in [-0.2, -0.15) is 0 Å². The van der Waals surface area contributed by atoms with Crippen molar-refractivity contribution in [3.05, 3.63) is 12.2 Å². The Morgan fingerprint density at radius 1 is 0.643 bits per heavy atom. The van der Waals surface area contributed by atoms with Gasteiger partial charge in [-0.3, -0.25) is 0 Å². The van der Waals surface area contributed by atoms with Crippen molar-refractivity contribution in [1.29, 1.82) is 0 Å². The summed E-state index contributed by atoms with van der Waals surface area (Å²) in [7, 11) is 0. The molecule has 4 heteroatoms. The molecule has 0 atom stereocenters. The Morgan fingerprint density at radius 3 is 1.46 bits per heavy atom. The minimum absolute atomic E-state index is 0.187. The number of hydrogen-bond donors (Lipinski definition) is 0. The third-order valence-corrected chi connectivity index (χ3v) is 4.70. The fourth-order valence-corrected chi connectivity index (χ4v) is 3.10. The van der Waals surface area contributed by atoms with Crippen LogP contribution in [-0.4, -0.2) is 24.6 Å². The molecule has 0 aliphatic rings.